The van der Waals surface area contributed by atoms with Gasteiger partial charge in [0, 0.05) is 19.6 Å². The number of hydrogen-bond acceptors (Lipinski definition) is 8. The van der Waals surface area contributed by atoms with E-state index in [0.717, 1.165) is 0 Å². The number of aliphatic hydroxyl groups is 1. The molecule has 3 rings (SSSR count). The summed E-state index contributed by atoms with van der Waals surface area (Å²) in [5.41, 5.74) is 0.298. The largest absolute Gasteiger partial charge is 0.547 e. The fourth-order valence-corrected chi connectivity index (χ4v) is 3.59. The molecule has 2 heterocycles. The van der Waals surface area contributed by atoms with E-state index in [9.17, 15) is 39.2 Å². The maximum absolute atomic E-state index is 12.6. The number of piperazine rings is 1. The van der Waals surface area contributed by atoms with Gasteiger partial charge in [-0.05, 0) is 25.0 Å². The first-order chi connectivity index (χ1) is 15.7. The van der Waals surface area contributed by atoms with Crippen molar-refractivity contribution in [3.8, 4) is 5.75 Å². The highest BCUT2D eigenvalue weighted by Crippen LogP contribution is 2.30. The molecule has 2 aliphatic rings. The monoisotopic (exact) mass is 462 g/mol. The zero-order valence-electron chi connectivity index (χ0n) is 17.7. The number of carboxylic acid groups (broad SMARTS) is 1. The van der Waals surface area contributed by atoms with Gasteiger partial charge in [0.05, 0.1) is 18.1 Å². The number of imide groups is 1. The third-order valence-electron chi connectivity index (χ3n) is 5.41. The van der Waals surface area contributed by atoms with Crippen molar-refractivity contribution >= 4 is 36.8 Å². The van der Waals surface area contributed by atoms with E-state index < -0.39 is 55.4 Å². The predicted molar refractivity (Wildman–Crippen MR) is 111 cm³/mol. The van der Waals surface area contributed by atoms with Gasteiger partial charge in [-0.2, -0.15) is 0 Å². The van der Waals surface area contributed by atoms with Crippen molar-refractivity contribution in [2.75, 3.05) is 26.2 Å². The Hall–Kier alpha value is -3.65. The van der Waals surface area contributed by atoms with E-state index in [1.807, 2.05) is 0 Å². The lowest BCUT2D eigenvalue weighted by atomic mass is 9.72. The van der Waals surface area contributed by atoms with Crippen LogP contribution in [0.15, 0.2) is 18.2 Å². The number of hydrogen-bond donors (Lipinski definition) is 5. The fourth-order valence-electron chi connectivity index (χ4n) is 3.59. The number of para-hydroxylation sites is 1. The molecular formula is C19H23BN4O9. The maximum atomic E-state index is 12.6. The molecule has 1 fully saturated rings. The van der Waals surface area contributed by atoms with E-state index in [1.54, 1.807) is 13.0 Å². The molecule has 5 amide bonds. The van der Waals surface area contributed by atoms with Crippen molar-refractivity contribution in [2.24, 2.45) is 0 Å². The summed E-state index contributed by atoms with van der Waals surface area (Å²) in [6.45, 7) is 1.26. The van der Waals surface area contributed by atoms with Crippen LogP contribution in [0.3, 0.4) is 0 Å². The first-order valence-electron chi connectivity index (χ1n) is 10.2. The third-order valence-corrected chi connectivity index (χ3v) is 5.41. The number of fused-ring (bicyclic) bond motifs is 1. The average Bonchev–Trinajstić information content (AvgIpc) is 2.78. The van der Waals surface area contributed by atoms with Gasteiger partial charge in [-0.3, -0.25) is 19.3 Å². The van der Waals surface area contributed by atoms with Gasteiger partial charge in [0.15, 0.2) is 0 Å². The minimum Gasteiger partial charge on any atom is -0.534 e. The Bertz CT molecular complexity index is 988. The normalized spacial score (nSPS) is 18.9. The lowest BCUT2D eigenvalue weighted by Crippen LogP contribution is -2.62. The Kier molecular flexibility index (Phi) is 7.18. The standard InChI is InChI=1S/C19H23BN4O9/c1-2-23-6-7-24(17(28)16(23)27)19(31)21-12(9-25)15(26)22-13-8-10-4-3-5-11(18(29)30)14(10)33-20(13)32/h3-5,12-13,25,32H,2,6-9H2,1H3,(H,21,31)(H,22,26)(H,29,30). The third kappa shape index (κ3) is 4.91. The van der Waals surface area contributed by atoms with Gasteiger partial charge in [0.2, 0.25) is 5.91 Å². The van der Waals surface area contributed by atoms with Gasteiger partial charge in [0.1, 0.15) is 11.8 Å². The van der Waals surface area contributed by atoms with Crippen LogP contribution in [0.2, 0.25) is 0 Å². The summed E-state index contributed by atoms with van der Waals surface area (Å²) < 4.78 is 5.29. The minimum absolute atomic E-state index is 0.00980. The molecule has 0 bridgehead atoms. The van der Waals surface area contributed by atoms with Crippen LogP contribution in [0, 0.1) is 0 Å². The van der Waals surface area contributed by atoms with E-state index in [4.69, 9.17) is 4.65 Å². The molecule has 33 heavy (non-hydrogen) atoms. The number of rotatable bonds is 6. The van der Waals surface area contributed by atoms with E-state index in [-0.39, 0.29) is 30.8 Å². The van der Waals surface area contributed by atoms with Crippen LogP contribution in [-0.4, -0.2) is 100 Å². The number of likely N-dealkylation sites (N-methyl/N-ethyl adjacent to an activating group) is 1. The van der Waals surface area contributed by atoms with Gasteiger partial charge < -0.3 is 35.4 Å². The van der Waals surface area contributed by atoms with Crippen LogP contribution < -0.4 is 15.3 Å². The van der Waals surface area contributed by atoms with E-state index >= 15 is 0 Å². The summed E-state index contributed by atoms with van der Waals surface area (Å²) in [5, 5.41) is 33.7. The Morgan fingerprint density at radius 3 is 2.61 bits per heavy atom. The van der Waals surface area contributed by atoms with Crippen molar-refractivity contribution < 1.29 is 43.9 Å². The Morgan fingerprint density at radius 2 is 1.97 bits per heavy atom. The van der Waals surface area contributed by atoms with Crippen molar-refractivity contribution in [1.29, 1.82) is 0 Å². The Morgan fingerprint density at radius 1 is 1.24 bits per heavy atom. The van der Waals surface area contributed by atoms with Crippen LogP contribution >= 0.6 is 0 Å². The minimum atomic E-state index is -1.58. The molecule has 1 aromatic carbocycles. The molecule has 2 unspecified atom stereocenters. The van der Waals surface area contributed by atoms with E-state index in [1.165, 1.54) is 17.0 Å². The summed E-state index contributed by atoms with van der Waals surface area (Å²) in [6, 6.07) is 1.89. The van der Waals surface area contributed by atoms with Crippen LogP contribution in [0.1, 0.15) is 22.8 Å². The molecule has 14 heteroatoms. The van der Waals surface area contributed by atoms with Crippen molar-refractivity contribution in [1.82, 2.24) is 20.4 Å². The van der Waals surface area contributed by atoms with Crippen molar-refractivity contribution in [3.63, 3.8) is 0 Å². The first kappa shape index (κ1) is 24.0. The zero-order chi connectivity index (χ0) is 24.3. The smallest absolute Gasteiger partial charge is 0.534 e. The summed E-state index contributed by atoms with van der Waals surface area (Å²) in [5.74, 6) is -5.01. The second kappa shape index (κ2) is 9.87. The van der Waals surface area contributed by atoms with Gasteiger partial charge in [0.25, 0.3) is 0 Å². The number of amides is 5. The lowest BCUT2D eigenvalue weighted by Gasteiger charge is -2.33. The van der Waals surface area contributed by atoms with Crippen LogP contribution in [0.4, 0.5) is 4.79 Å². The Labute approximate surface area is 188 Å². The molecule has 2 atom stereocenters. The summed E-state index contributed by atoms with van der Waals surface area (Å²) in [6.07, 6.45) is 0.0292. The van der Waals surface area contributed by atoms with Gasteiger partial charge >= 0.3 is 30.9 Å². The number of carbonyl (C=O) groups is 5. The molecule has 176 valence electrons. The van der Waals surface area contributed by atoms with Crippen LogP contribution in [-0.2, 0) is 20.8 Å². The molecular weight excluding hydrogens is 439 g/mol. The second-order valence-corrected chi connectivity index (χ2v) is 7.45. The quantitative estimate of drug-likeness (QED) is 0.227. The van der Waals surface area contributed by atoms with Crippen molar-refractivity contribution in [3.05, 3.63) is 29.3 Å². The zero-order valence-corrected chi connectivity index (χ0v) is 17.7. The van der Waals surface area contributed by atoms with E-state index in [0.29, 0.717) is 17.0 Å². The predicted octanol–water partition coefficient (Wildman–Crippen LogP) is -2.41. The molecule has 0 spiro atoms. The van der Waals surface area contributed by atoms with Gasteiger partial charge in [-0.1, -0.05) is 12.1 Å². The molecule has 0 saturated carbocycles. The van der Waals surface area contributed by atoms with Crippen LogP contribution in [0.25, 0.3) is 0 Å². The molecule has 0 radical (unpaired) electrons. The number of aromatic carboxylic acids is 1. The molecule has 5 N–H and O–H groups in total. The fraction of sp³-hybridized carbons (Fsp3) is 0.421. The Balaban J connectivity index is 1.65. The highest BCUT2D eigenvalue weighted by atomic mass is 16.5. The number of carbonyl (C=O) groups excluding carboxylic acids is 4. The maximum Gasteiger partial charge on any atom is 0.547 e. The number of benzene rings is 1. The summed E-state index contributed by atoms with van der Waals surface area (Å²) >= 11 is 0. The lowest BCUT2D eigenvalue weighted by molar-refractivity contribution is -0.153. The van der Waals surface area contributed by atoms with Gasteiger partial charge in [-0.15, -0.1) is 0 Å². The number of nitrogens with one attached hydrogen (secondary N) is 2. The average molecular weight is 462 g/mol. The molecule has 1 saturated heterocycles. The number of aliphatic hydroxyl groups excluding tert-OH is 1. The van der Waals surface area contributed by atoms with Crippen LogP contribution in [0.5, 0.6) is 5.75 Å². The molecule has 0 aromatic heterocycles. The SMILES string of the molecule is CCN1CCN(C(=O)NC(CO)C(=O)NC2Cc3cccc(C(=O)O)c3OB2O)C(=O)C1=O. The molecule has 13 nitrogen and oxygen atoms in total. The summed E-state index contributed by atoms with van der Waals surface area (Å²) in [4.78, 5) is 62.4. The first-order valence-corrected chi connectivity index (χ1v) is 10.2. The molecule has 1 aromatic rings. The summed E-state index contributed by atoms with van der Waals surface area (Å²) in [7, 11) is -1.58. The highest BCUT2D eigenvalue weighted by Gasteiger charge is 2.40. The topological polar surface area (TPSA) is 186 Å². The van der Waals surface area contributed by atoms with E-state index in [2.05, 4.69) is 10.6 Å². The number of carboxylic acids is 1. The number of urea groups is 1. The molecule has 0 aliphatic carbocycles. The van der Waals surface area contributed by atoms with Crippen molar-refractivity contribution in [2.45, 2.75) is 25.3 Å². The molecule has 2 aliphatic heterocycles. The highest BCUT2D eigenvalue weighted by molar-refractivity contribution is 6.47. The number of nitrogens with zero attached hydrogens (tertiary/aromatic N) is 2. The van der Waals surface area contributed by atoms with Gasteiger partial charge in [-0.25, -0.2) is 9.59 Å². The second-order valence-electron chi connectivity index (χ2n) is 7.45.